The monoisotopic (exact) mass is 366 g/mol. The van der Waals surface area contributed by atoms with Gasteiger partial charge in [-0.2, -0.15) is 0 Å². The Hall–Kier alpha value is -3.06. The first-order chi connectivity index (χ1) is 12.6. The first-order valence-corrected chi connectivity index (χ1v) is 9.00. The van der Waals surface area contributed by atoms with Gasteiger partial charge in [0.05, 0.1) is 11.3 Å². The van der Waals surface area contributed by atoms with Gasteiger partial charge in [0.15, 0.2) is 0 Å². The number of nitrogens with one attached hydrogen (secondary N) is 2. The van der Waals surface area contributed by atoms with Crippen molar-refractivity contribution < 1.29 is 9.59 Å². The van der Waals surface area contributed by atoms with Crippen molar-refractivity contribution in [3.05, 3.63) is 65.4 Å². The molecule has 0 fully saturated rings. The Morgan fingerprint density at radius 1 is 1.19 bits per heavy atom. The second-order valence-electron chi connectivity index (χ2n) is 5.65. The highest BCUT2D eigenvalue weighted by Crippen LogP contribution is 2.26. The van der Waals surface area contributed by atoms with Crippen LogP contribution in [0.25, 0.3) is 10.6 Å². The molecule has 2 aromatic heterocycles. The Balaban J connectivity index is 1.58. The van der Waals surface area contributed by atoms with Crippen LogP contribution in [0.4, 0.5) is 5.69 Å². The van der Waals surface area contributed by atoms with Gasteiger partial charge in [-0.25, -0.2) is 4.98 Å². The molecule has 0 aliphatic carbocycles. The minimum absolute atomic E-state index is 0.105. The molecule has 0 aliphatic heterocycles. The Kier molecular flexibility index (Phi) is 5.70. The van der Waals surface area contributed by atoms with E-state index < -0.39 is 0 Å². The number of benzene rings is 1. The number of nitrogens with zero attached hydrogens (tertiary/aromatic N) is 2. The zero-order valence-corrected chi connectivity index (χ0v) is 15.0. The minimum Gasteiger partial charge on any atom is -0.352 e. The average molecular weight is 366 g/mol. The Labute approximate surface area is 155 Å². The van der Waals surface area contributed by atoms with E-state index in [9.17, 15) is 9.59 Å². The van der Waals surface area contributed by atoms with E-state index in [2.05, 4.69) is 20.6 Å². The van der Waals surface area contributed by atoms with Crippen LogP contribution in [0, 0.1) is 0 Å². The number of amides is 2. The van der Waals surface area contributed by atoms with Crippen LogP contribution in [0.15, 0.2) is 54.2 Å². The number of hydrogen-bond acceptors (Lipinski definition) is 5. The van der Waals surface area contributed by atoms with E-state index in [1.807, 2.05) is 29.6 Å². The lowest BCUT2D eigenvalue weighted by Gasteiger charge is -2.04. The molecule has 132 valence electrons. The lowest BCUT2D eigenvalue weighted by molar-refractivity contribution is -0.114. The molecular formula is C19H18N4O2S. The molecule has 0 saturated heterocycles. The van der Waals surface area contributed by atoms with Crippen molar-refractivity contribution in [2.45, 2.75) is 13.3 Å². The third kappa shape index (κ3) is 4.73. The number of pyridine rings is 1. The molecule has 2 N–H and O–H groups in total. The summed E-state index contributed by atoms with van der Waals surface area (Å²) in [5.74, 6) is -0.247. The summed E-state index contributed by atoms with van der Waals surface area (Å²) in [5.41, 5.74) is 3.16. The molecule has 0 bridgehead atoms. The number of hydrogen-bond donors (Lipinski definition) is 2. The second-order valence-corrected chi connectivity index (χ2v) is 6.51. The highest BCUT2D eigenvalue weighted by molar-refractivity contribution is 7.13. The van der Waals surface area contributed by atoms with Gasteiger partial charge in [-0.1, -0.05) is 12.1 Å². The number of thiazole rings is 1. The van der Waals surface area contributed by atoms with Gasteiger partial charge in [-0.15, -0.1) is 11.3 Å². The summed E-state index contributed by atoms with van der Waals surface area (Å²) in [6.45, 7) is 1.98. The predicted octanol–water partition coefficient (Wildman–Crippen LogP) is 3.14. The summed E-state index contributed by atoms with van der Waals surface area (Å²) in [6.07, 6.45) is 3.82. The van der Waals surface area contributed by atoms with Crippen molar-refractivity contribution >= 4 is 28.8 Å². The Morgan fingerprint density at radius 3 is 2.85 bits per heavy atom. The van der Waals surface area contributed by atoms with Gasteiger partial charge in [-0.05, 0) is 24.3 Å². The van der Waals surface area contributed by atoms with Crippen LogP contribution in [0.3, 0.4) is 0 Å². The molecule has 2 heterocycles. The van der Waals surface area contributed by atoms with E-state index in [0.29, 0.717) is 18.5 Å². The van der Waals surface area contributed by atoms with Gasteiger partial charge in [0.1, 0.15) is 5.01 Å². The van der Waals surface area contributed by atoms with Gasteiger partial charge in [0.2, 0.25) is 5.91 Å². The molecule has 0 unspecified atom stereocenters. The summed E-state index contributed by atoms with van der Waals surface area (Å²) in [7, 11) is 0. The maximum atomic E-state index is 12.0. The summed E-state index contributed by atoms with van der Waals surface area (Å²) >= 11 is 1.54. The molecule has 2 amide bonds. The second kappa shape index (κ2) is 8.35. The van der Waals surface area contributed by atoms with Crippen LogP contribution >= 0.6 is 11.3 Å². The van der Waals surface area contributed by atoms with Gasteiger partial charge in [0.25, 0.3) is 5.91 Å². The third-order valence-electron chi connectivity index (χ3n) is 3.57. The van der Waals surface area contributed by atoms with E-state index in [1.165, 1.54) is 18.3 Å². The maximum Gasteiger partial charge on any atom is 0.252 e. The fourth-order valence-corrected chi connectivity index (χ4v) is 3.24. The Morgan fingerprint density at radius 2 is 2.08 bits per heavy atom. The highest BCUT2D eigenvalue weighted by atomic mass is 32.1. The van der Waals surface area contributed by atoms with Crippen molar-refractivity contribution in [2.75, 3.05) is 11.9 Å². The molecule has 1 aromatic carbocycles. The largest absolute Gasteiger partial charge is 0.352 e. The van der Waals surface area contributed by atoms with Gasteiger partial charge in [-0.3, -0.25) is 14.6 Å². The Bertz CT molecular complexity index is 909. The lowest BCUT2D eigenvalue weighted by atomic mass is 10.2. The molecule has 0 aliphatic rings. The van der Waals surface area contributed by atoms with Crippen LogP contribution in [-0.2, 0) is 11.2 Å². The lowest BCUT2D eigenvalue weighted by Crippen LogP contribution is -2.25. The van der Waals surface area contributed by atoms with Gasteiger partial charge in [0, 0.05) is 48.9 Å². The number of aromatic nitrogens is 2. The summed E-state index contributed by atoms with van der Waals surface area (Å²) in [5, 5.41) is 8.50. The van der Waals surface area contributed by atoms with Crippen molar-refractivity contribution in [1.82, 2.24) is 15.3 Å². The number of carbonyl (C=O) groups is 2. The molecular weight excluding hydrogens is 348 g/mol. The topological polar surface area (TPSA) is 84.0 Å². The smallest absolute Gasteiger partial charge is 0.252 e. The fourth-order valence-electron chi connectivity index (χ4n) is 2.39. The normalized spacial score (nSPS) is 10.3. The molecule has 0 radical (unpaired) electrons. The summed E-state index contributed by atoms with van der Waals surface area (Å²) in [6, 6.07) is 11.0. The molecule has 0 spiro atoms. The van der Waals surface area contributed by atoms with Crippen LogP contribution in [-0.4, -0.2) is 28.3 Å². The number of carbonyl (C=O) groups excluding carboxylic acids is 2. The van der Waals surface area contributed by atoms with E-state index in [4.69, 9.17) is 0 Å². The fraction of sp³-hybridized carbons (Fsp3) is 0.158. The van der Waals surface area contributed by atoms with E-state index >= 15 is 0 Å². The highest BCUT2D eigenvalue weighted by Gasteiger charge is 2.08. The SMILES string of the molecule is CC(=O)Nc1cccc(-c2nc(CCNC(=O)c3cccnc3)cs2)c1. The van der Waals surface area contributed by atoms with E-state index in [0.717, 1.165) is 22.0 Å². The van der Waals surface area contributed by atoms with Crippen molar-refractivity contribution in [3.8, 4) is 10.6 Å². The third-order valence-corrected chi connectivity index (χ3v) is 4.51. The quantitative estimate of drug-likeness (QED) is 0.702. The molecule has 3 rings (SSSR count). The molecule has 6 nitrogen and oxygen atoms in total. The molecule has 0 atom stereocenters. The number of anilines is 1. The van der Waals surface area contributed by atoms with Gasteiger partial charge >= 0.3 is 0 Å². The van der Waals surface area contributed by atoms with E-state index in [-0.39, 0.29) is 11.8 Å². The number of rotatable bonds is 6. The molecule has 0 saturated carbocycles. The standard InChI is InChI=1S/C19H18N4O2S/c1-13(24)22-16-6-2-4-14(10-16)19-23-17(12-26-19)7-9-21-18(25)15-5-3-8-20-11-15/h2-6,8,10-12H,7,9H2,1H3,(H,21,25)(H,22,24). The summed E-state index contributed by atoms with van der Waals surface area (Å²) < 4.78 is 0. The van der Waals surface area contributed by atoms with Gasteiger partial charge < -0.3 is 10.6 Å². The average Bonchev–Trinajstić information content (AvgIpc) is 3.11. The van der Waals surface area contributed by atoms with Crippen LogP contribution in [0.1, 0.15) is 23.0 Å². The zero-order valence-electron chi connectivity index (χ0n) is 14.2. The van der Waals surface area contributed by atoms with Crippen LogP contribution in [0.2, 0.25) is 0 Å². The van der Waals surface area contributed by atoms with Crippen molar-refractivity contribution in [1.29, 1.82) is 0 Å². The predicted molar refractivity (Wildman–Crippen MR) is 102 cm³/mol. The summed E-state index contributed by atoms with van der Waals surface area (Å²) in [4.78, 5) is 31.7. The van der Waals surface area contributed by atoms with E-state index in [1.54, 1.807) is 24.5 Å². The first-order valence-electron chi connectivity index (χ1n) is 8.12. The molecule has 26 heavy (non-hydrogen) atoms. The zero-order chi connectivity index (χ0) is 18.4. The van der Waals surface area contributed by atoms with Crippen LogP contribution in [0.5, 0.6) is 0 Å². The van der Waals surface area contributed by atoms with Crippen LogP contribution < -0.4 is 10.6 Å². The van der Waals surface area contributed by atoms with Crippen molar-refractivity contribution in [3.63, 3.8) is 0 Å². The minimum atomic E-state index is -0.142. The first kappa shape index (κ1) is 17.8. The molecule has 3 aromatic rings. The van der Waals surface area contributed by atoms with Crippen molar-refractivity contribution in [2.24, 2.45) is 0 Å². The maximum absolute atomic E-state index is 12.0. The molecule has 7 heteroatoms.